The van der Waals surface area contributed by atoms with Crippen LogP contribution in [0.5, 0.6) is 0 Å². The summed E-state index contributed by atoms with van der Waals surface area (Å²) in [6.07, 6.45) is 5.24. The number of nitrogens with one attached hydrogen (secondary N) is 1. The van der Waals surface area contributed by atoms with Crippen LogP contribution in [0.25, 0.3) is 5.69 Å². The van der Waals surface area contributed by atoms with Crippen molar-refractivity contribution in [3.63, 3.8) is 0 Å². The van der Waals surface area contributed by atoms with Crippen LogP contribution < -0.4 is 11.1 Å². The zero-order valence-electron chi connectivity index (χ0n) is 12.5. The lowest BCUT2D eigenvalue weighted by Crippen LogP contribution is -2.41. The summed E-state index contributed by atoms with van der Waals surface area (Å²) in [6, 6.07) is 9.34. The molecule has 0 aliphatic heterocycles. The molecule has 3 N–H and O–H groups in total. The summed E-state index contributed by atoms with van der Waals surface area (Å²) in [5.74, 6) is -0.0968. The first-order valence-corrected chi connectivity index (χ1v) is 7.27. The molecule has 21 heavy (non-hydrogen) atoms. The molecule has 0 aliphatic carbocycles. The Kier molecular flexibility index (Phi) is 5.11. The Balaban J connectivity index is 2.00. The average Bonchev–Trinajstić information content (AvgIpc) is 3.01. The van der Waals surface area contributed by atoms with Crippen LogP contribution in [0.1, 0.15) is 38.3 Å². The highest BCUT2D eigenvalue weighted by Gasteiger charge is 2.15. The van der Waals surface area contributed by atoms with E-state index >= 15 is 0 Å². The van der Waals surface area contributed by atoms with E-state index in [0.29, 0.717) is 6.42 Å². The summed E-state index contributed by atoms with van der Waals surface area (Å²) in [5, 5.41) is 7.13. The molecule has 0 spiro atoms. The molecular weight excluding hydrogens is 264 g/mol. The second-order valence-electron chi connectivity index (χ2n) is 5.17. The Morgan fingerprint density at radius 1 is 1.38 bits per heavy atom. The molecule has 0 saturated heterocycles. The Bertz CT molecular complexity index is 562. The Morgan fingerprint density at radius 3 is 2.67 bits per heavy atom. The van der Waals surface area contributed by atoms with E-state index in [9.17, 15) is 4.79 Å². The number of benzene rings is 1. The summed E-state index contributed by atoms with van der Waals surface area (Å²) in [7, 11) is 0. The number of amides is 1. The molecule has 1 amide bonds. The highest BCUT2D eigenvalue weighted by molar-refractivity contribution is 5.81. The van der Waals surface area contributed by atoms with Crippen molar-refractivity contribution < 1.29 is 4.79 Å². The van der Waals surface area contributed by atoms with Gasteiger partial charge in [0.25, 0.3) is 0 Å². The van der Waals surface area contributed by atoms with Crippen LogP contribution in [0.4, 0.5) is 0 Å². The fourth-order valence-electron chi connectivity index (χ4n) is 2.18. The van der Waals surface area contributed by atoms with Crippen molar-refractivity contribution >= 4 is 5.91 Å². The van der Waals surface area contributed by atoms with Crippen molar-refractivity contribution in [2.75, 3.05) is 0 Å². The highest BCUT2D eigenvalue weighted by atomic mass is 16.2. The van der Waals surface area contributed by atoms with Gasteiger partial charge in [0.2, 0.25) is 5.91 Å². The SMILES string of the molecule is CCCC(N)C(=O)NC(C)c1ccc(-n2cccn2)cc1. The number of aromatic nitrogens is 2. The summed E-state index contributed by atoms with van der Waals surface area (Å²) in [4.78, 5) is 11.9. The van der Waals surface area contributed by atoms with Gasteiger partial charge in [0.05, 0.1) is 17.8 Å². The van der Waals surface area contributed by atoms with Crippen molar-refractivity contribution in [1.29, 1.82) is 0 Å². The Hall–Kier alpha value is -2.14. The van der Waals surface area contributed by atoms with E-state index in [2.05, 4.69) is 10.4 Å². The van der Waals surface area contributed by atoms with Crippen LogP contribution in [-0.4, -0.2) is 21.7 Å². The lowest BCUT2D eigenvalue weighted by atomic mass is 10.1. The lowest BCUT2D eigenvalue weighted by Gasteiger charge is -2.18. The molecule has 5 heteroatoms. The predicted octanol–water partition coefficient (Wildman–Crippen LogP) is 2.18. The third-order valence-electron chi connectivity index (χ3n) is 3.46. The fourth-order valence-corrected chi connectivity index (χ4v) is 2.18. The molecule has 2 rings (SSSR count). The molecule has 0 aliphatic rings. The van der Waals surface area contributed by atoms with E-state index in [4.69, 9.17) is 5.73 Å². The molecule has 1 aromatic heterocycles. The van der Waals surface area contributed by atoms with Crippen molar-refractivity contribution in [2.45, 2.75) is 38.8 Å². The lowest BCUT2D eigenvalue weighted by molar-refractivity contribution is -0.123. The van der Waals surface area contributed by atoms with Crippen molar-refractivity contribution in [2.24, 2.45) is 5.73 Å². The highest BCUT2D eigenvalue weighted by Crippen LogP contribution is 2.15. The standard InChI is InChI=1S/C16H22N4O/c1-3-5-15(17)16(21)19-12(2)13-6-8-14(9-7-13)20-11-4-10-18-20/h4,6-12,15H,3,5,17H2,1-2H3,(H,19,21). The first kappa shape index (κ1) is 15.3. The van der Waals surface area contributed by atoms with E-state index < -0.39 is 6.04 Å². The molecule has 1 aromatic carbocycles. The number of hydrogen-bond acceptors (Lipinski definition) is 3. The maximum atomic E-state index is 11.9. The molecule has 0 fully saturated rings. The molecule has 112 valence electrons. The van der Waals surface area contributed by atoms with Gasteiger partial charge in [0.15, 0.2) is 0 Å². The molecular formula is C16H22N4O. The zero-order chi connectivity index (χ0) is 15.2. The predicted molar refractivity (Wildman–Crippen MR) is 83.0 cm³/mol. The molecule has 5 nitrogen and oxygen atoms in total. The molecule has 1 heterocycles. The number of nitrogens with two attached hydrogens (primary N) is 1. The first-order chi connectivity index (χ1) is 10.1. The number of carbonyl (C=O) groups is 1. The molecule has 0 bridgehead atoms. The summed E-state index contributed by atoms with van der Waals surface area (Å²) < 4.78 is 1.80. The maximum absolute atomic E-state index is 11.9. The quantitative estimate of drug-likeness (QED) is 0.855. The van der Waals surface area contributed by atoms with Gasteiger partial charge in [0.1, 0.15) is 0 Å². The zero-order valence-corrected chi connectivity index (χ0v) is 12.5. The smallest absolute Gasteiger partial charge is 0.237 e. The summed E-state index contributed by atoms with van der Waals surface area (Å²) in [6.45, 7) is 3.98. The van der Waals surface area contributed by atoms with Crippen molar-refractivity contribution in [3.8, 4) is 5.69 Å². The van der Waals surface area contributed by atoms with E-state index in [1.807, 2.05) is 50.4 Å². The van der Waals surface area contributed by atoms with Gasteiger partial charge in [-0.2, -0.15) is 5.10 Å². The van der Waals surface area contributed by atoms with Gasteiger partial charge in [-0.15, -0.1) is 0 Å². The summed E-state index contributed by atoms with van der Waals surface area (Å²) in [5.41, 5.74) is 7.85. The van der Waals surface area contributed by atoms with E-state index in [1.54, 1.807) is 10.9 Å². The van der Waals surface area contributed by atoms with Gasteiger partial charge in [-0.25, -0.2) is 4.68 Å². The fraction of sp³-hybridized carbons (Fsp3) is 0.375. The number of rotatable bonds is 6. The second kappa shape index (κ2) is 7.04. The number of nitrogens with zero attached hydrogens (tertiary/aromatic N) is 2. The Morgan fingerprint density at radius 2 is 2.10 bits per heavy atom. The Labute approximate surface area is 125 Å². The molecule has 0 saturated carbocycles. The molecule has 0 radical (unpaired) electrons. The van der Waals surface area contributed by atoms with Crippen LogP contribution >= 0.6 is 0 Å². The van der Waals surface area contributed by atoms with Gasteiger partial charge in [-0.3, -0.25) is 4.79 Å². The molecule has 2 aromatic rings. The van der Waals surface area contributed by atoms with E-state index in [-0.39, 0.29) is 11.9 Å². The van der Waals surface area contributed by atoms with Crippen molar-refractivity contribution in [1.82, 2.24) is 15.1 Å². The minimum Gasteiger partial charge on any atom is -0.348 e. The van der Waals surface area contributed by atoms with Crippen LogP contribution in [0, 0.1) is 0 Å². The largest absolute Gasteiger partial charge is 0.348 e. The van der Waals surface area contributed by atoms with Crippen LogP contribution in [0.3, 0.4) is 0 Å². The minimum atomic E-state index is -0.430. The second-order valence-corrected chi connectivity index (χ2v) is 5.17. The third kappa shape index (κ3) is 3.92. The third-order valence-corrected chi connectivity index (χ3v) is 3.46. The van der Waals surface area contributed by atoms with Crippen LogP contribution in [0.15, 0.2) is 42.7 Å². The number of carbonyl (C=O) groups excluding carboxylic acids is 1. The molecule has 2 atom stereocenters. The van der Waals surface area contributed by atoms with Crippen LogP contribution in [0.2, 0.25) is 0 Å². The van der Waals surface area contributed by atoms with E-state index in [0.717, 1.165) is 17.7 Å². The van der Waals surface area contributed by atoms with Gasteiger partial charge in [0, 0.05) is 12.4 Å². The first-order valence-electron chi connectivity index (χ1n) is 7.27. The van der Waals surface area contributed by atoms with Gasteiger partial charge < -0.3 is 11.1 Å². The summed E-state index contributed by atoms with van der Waals surface area (Å²) >= 11 is 0. The minimum absolute atomic E-state index is 0.0629. The van der Waals surface area contributed by atoms with Crippen molar-refractivity contribution in [3.05, 3.63) is 48.3 Å². The maximum Gasteiger partial charge on any atom is 0.237 e. The number of hydrogen-bond donors (Lipinski definition) is 2. The van der Waals surface area contributed by atoms with Gasteiger partial charge >= 0.3 is 0 Å². The van der Waals surface area contributed by atoms with Crippen LogP contribution in [-0.2, 0) is 4.79 Å². The van der Waals surface area contributed by atoms with Gasteiger partial charge in [-0.05, 0) is 37.1 Å². The topological polar surface area (TPSA) is 72.9 Å². The average molecular weight is 286 g/mol. The van der Waals surface area contributed by atoms with Gasteiger partial charge in [-0.1, -0.05) is 25.5 Å². The monoisotopic (exact) mass is 286 g/mol. The molecule has 2 unspecified atom stereocenters. The van der Waals surface area contributed by atoms with E-state index in [1.165, 1.54) is 0 Å². The normalized spacial score (nSPS) is 13.7.